The van der Waals surface area contributed by atoms with Crippen LogP contribution in [0.25, 0.3) is 0 Å². The summed E-state index contributed by atoms with van der Waals surface area (Å²) < 4.78 is 23.8. The van der Waals surface area contributed by atoms with Gasteiger partial charge in [-0.1, -0.05) is 309 Å². The number of aliphatic hydroxyl groups excluding tert-OH is 1. The van der Waals surface area contributed by atoms with Crippen LogP contribution in [-0.2, 0) is 18.4 Å². The van der Waals surface area contributed by atoms with Gasteiger partial charge in [-0.05, 0) is 38.5 Å². The molecule has 0 aliphatic rings. The highest BCUT2D eigenvalue weighted by atomic mass is 31.2. The zero-order chi connectivity index (χ0) is 53.5. The number of nitrogens with one attached hydrogen (secondary N) is 1. The first-order chi connectivity index (χ1) is 35.5. The second kappa shape index (κ2) is 56.0. The number of carbonyl (C=O) groups is 1. The Bertz CT molecular complexity index is 1200. The molecule has 0 saturated carbocycles. The summed E-state index contributed by atoms with van der Waals surface area (Å²) >= 11 is 0. The molecule has 0 aromatic rings. The van der Waals surface area contributed by atoms with Crippen LogP contribution in [0.4, 0.5) is 0 Å². The highest BCUT2D eigenvalue weighted by Crippen LogP contribution is 2.43. The van der Waals surface area contributed by atoms with Crippen molar-refractivity contribution in [3.63, 3.8) is 0 Å². The van der Waals surface area contributed by atoms with E-state index >= 15 is 0 Å². The van der Waals surface area contributed by atoms with Crippen LogP contribution in [0.3, 0.4) is 0 Å². The minimum atomic E-state index is -4.32. The SMILES string of the molecule is CCCCCCCCCCCCCC/C=C\CCCCCCCCCCCCCCCCCCC(=O)NC(COP(=O)(O)OCC[N+](C)(C)C)C(O)CCCCCCCCCCCCCCCCCCCCC. The van der Waals surface area contributed by atoms with Crippen LogP contribution in [0.2, 0.25) is 0 Å². The Labute approximate surface area is 456 Å². The quantitative estimate of drug-likeness (QED) is 0.0243. The molecule has 0 aromatic heterocycles. The maximum Gasteiger partial charge on any atom is 0.472 e. The lowest BCUT2D eigenvalue weighted by molar-refractivity contribution is -0.870. The molecule has 0 radical (unpaired) electrons. The summed E-state index contributed by atoms with van der Waals surface area (Å²) in [4.78, 5) is 23.4. The Hall–Kier alpha value is -0.760. The third-order valence-electron chi connectivity index (χ3n) is 15.3. The molecule has 8 nitrogen and oxygen atoms in total. The molecule has 0 aliphatic heterocycles. The number of carbonyl (C=O) groups excluding carboxylic acids is 1. The van der Waals surface area contributed by atoms with Crippen molar-refractivity contribution >= 4 is 13.7 Å². The van der Waals surface area contributed by atoms with E-state index in [1.807, 2.05) is 21.1 Å². The molecule has 0 fully saturated rings. The number of hydrogen-bond donors (Lipinski definition) is 3. The van der Waals surface area contributed by atoms with E-state index < -0.39 is 20.0 Å². The van der Waals surface area contributed by atoms with Crippen molar-refractivity contribution in [2.75, 3.05) is 40.9 Å². The third kappa shape index (κ3) is 58.8. The van der Waals surface area contributed by atoms with Gasteiger partial charge in [-0.2, -0.15) is 0 Å². The molecule has 1 amide bonds. The van der Waals surface area contributed by atoms with Gasteiger partial charge in [-0.15, -0.1) is 0 Å². The molecule has 3 unspecified atom stereocenters. The molecule has 73 heavy (non-hydrogen) atoms. The van der Waals surface area contributed by atoms with E-state index in [0.29, 0.717) is 23.9 Å². The van der Waals surface area contributed by atoms with E-state index in [1.54, 1.807) is 0 Å². The number of hydrogen-bond acceptors (Lipinski definition) is 5. The lowest BCUT2D eigenvalue weighted by Gasteiger charge is -2.26. The average molecular weight is 1050 g/mol. The Morgan fingerprint density at radius 3 is 1.05 bits per heavy atom. The topological polar surface area (TPSA) is 105 Å². The molecule has 3 atom stereocenters. The summed E-state index contributed by atoms with van der Waals surface area (Å²) in [5.74, 6) is -0.137. The van der Waals surface area contributed by atoms with Gasteiger partial charge in [0.1, 0.15) is 13.2 Å². The number of amides is 1. The van der Waals surface area contributed by atoms with Crippen molar-refractivity contribution in [1.82, 2.24) is 5.32 Å². The van der Waals surface area contributed by atoms with Crippen molar-refractivity contribution in [2.45, 2.75) is 353 Å². The predicted octanol–water partition coefficient (Wildman–Crippen LogP) is 20.2. The Morgan fingerprint density at radius 2 is 0.740 bits per heavy atom. The summed E-state index contributed by atoms with van der Waals surface area (Å²) in [7, 11) is 1.63. The zero-order valence-corrected chi connectivity index (χ0v) is 50.8. The molecule has 0 spiro atoms. The molecule has 0 rings (SSSR count). The van der Waals surface area contributed by atoms with Crippen LogP contribution in [-0.4, -0.2) is 73.4 Å². The number of phosphoric acid groups is 1. The third-order valence-corrected chi connectivity index (χ3v) is 16.2. The summed E-state index contributed by atoms with van der Waals surface area (Å²) in [6, 6.07) is -0.758. The minimum Gasteiger partial charge on any atom is -0.391 e. The number of phosphoric ester groups is 1. The lowest BCUT2D eigenvalue weighted by Crippen LogP contribution is -2.46. The normalized spacial score (nSPS) is 13.8. The molecule has 0 aliphatic carbocycles. The molecular formula is C64H130N2O6P+. The molecule has 0 bridgehead atoms. The second-order valence-electron chi connectivity index (χ2n) is 23.9. The summed E-state index contributed by atoms with van der Waals surface area (Å²) in [6.07, 6.45) is 70.1. The zero-order valence-electron chi connectivity index (χ0n) is 49.9. The van der Waals surface area contributed by atoms with E-state index in [0.717, 1.165) is 38.5 Å². The van der Waals surface area contributed by atoms with Gasteiger partial charge in [-0.3, -0.25) is 13.8 Å². The molecule has 0 saturated heterocycles. The first-order valence-corrected chi connectivity index (χ1v) is 34.0. The number of aliphatic hydroxyl groups is 1. The number of quaternary nitrogens is 1. The predicted molar refractivity (Wildman–Crippen MR) is 319 cm³/mol. The lowest BCUT2D eigenvalue weighted by atomic mass is 10.0. The highest BCUT2D eigenvalue weighted by Gasteiger charge is 2.28. The van der Waals surface area contributed by atoms with Gasteiger partial charge in [-0.25, -0.2) is 4.57 Å². The van der Waals surface area contributed by atoms with Crippen LogP contribution in [0, 0.1) is 0 Å². The standard InChI is InChI=1S/C64H129N2O6P/c1-6-8-10-12-14-16-18-20-22-24-26-27-28-29-30-31-32-33-34-35-36-37-38-40-42-44-46-48-50-52-54-56-58-64(68)65-62(61-72-73(69,70)71-60-59-66(3,4)5)63(67)57-55-53-51-49-47-45-43-41-39-25-23-21-19-17-15-13-11-9-7-2/h29-30,62-63,67H,6-28,31-61H2,1-5H3,(H-,65,68,69,70)/p+1/b30-29-. The fourth-order valence-corrected chi connectivity index (χ4v) is 10.9. The van der Waals surface area contributed by atoms with E-state index in [1.165, 1.54) is 276 Å². The van der Waals surface area contributed by atoms with Crippen LogP contribution in [0.1, 0.15) is 341 Å². The van der Waals surface area contributed by atoms with Crippen LogP contribution in [0.5, 0.6) is 0 Å². The molecular weight excluding hydrogens is 924 g/mol. The largest absolute Gasteiger partial charge is 0.472 e. The van der Waals surface area contributed by atoms with Crippen molar-refractivity contribution in [1.29, 1.82) is 0 Å². The Morgan fingerprint density at radius 1 is 0.452 bits per heavy atom. The summed E-state index contributed by atoms with van der Waals surface area (Å²) in [6.45, 7) is 4.95. The van der Waals surface area contributed by atoms with Crippen LogP contribution in [0.15, 0.2) is 12.2 Å². The van der Waals surface area contributed by atoms with Crippen molar-refractivity contribution in [3.8, 4) is 0 Å². The van der Waals surface area contributed by atoms with Crippen LogP contribution >= 0.6 is 7.82 Å². The fourth-order valence-electron chi connectivity index (χ4n) is 10.2. The molecule has 9 heteroatoms. The first-order valence-electron chi connectivity index (χ1n) is 32.6. The van der Waals surface area contributed by atoms with E-state index in [2.05, 4.69) is 31.3 Å². The highest BCUT2D eigenvalue weighted by molar-refractivity contribution is 7.47. The molecule has 436 valence electrons. The van der Waals surface area contributed by atoms with Gasteiger partial charge < -0.3 is 19.8 Å². The Balaban J connectivity index is 4.00. The average Bonchev–Trinajstić information content (AvgIpc) is 3.35. The monoisotopic (exact) mass is 1050 g/mol. The maximum absolute atomic E-state index is 13.0. The summed E-state index contributed by atoms with van der Waals surface area (Å²) in [5.41, 5.74) is 0. The number of likely N-dealkylation sites (N-methyl/N-ethyl adjacent to an activating group) is 1. The van der Waals surface area contributed by atoms with Gasteiger partial charge in [0.15, 0.2) is 0 Å². The van der Waals surface area contributed by atoms with E-state index in [-0.39, 0.29) is 19.1 Å². The number of rotatable bonds is 61. The van der Waals surface area contributed by atoms with Gasteiger partial charge in [0, 0.05) is 6.42 Å². The molecule has 0 aromatic carbocycles. The second-order valence-corrected chi connectivity index (χ2v) is 25.3. The van der Waals surface area contributed by atoms with Gasteiger partial charge in [0.25, 0.3) is 0 Å². The van der Waals surface area contributed by atoms with Gasteiger partial charge in [0.2, 0.25) is 5.91 Å². The van der Waals surface area contributed by atoms with Crippen molar-refractivity contribution in [3.05, 3.63) is 12.2 Å². The molecule has 0 heterocycles. The number of nitrogens with zero attached hydrogens (tertiary/aromatic N) is 1. The first kappa shape index (κ1) is 72.2. The van der Waals surface area contributed by atoms with Crippen molar-refractivity contribution < 1.29 is 32.9 Å². The van der Waals surface area contributed by atoms with E-state index in [9.17, 15) is 19.4 Å². The van der Waals surface area contributed by atoms with E-state index in [4.69, 9.17) is 9.05 Å². The summed E-state index contributed by atoms with van der Waals surface area (Å²) in [5, 5.41) is 14.1. The minimum absolute atomic E-state index is 0.0780. The number of allylic oxidation sites excluding steroid dienone is 2. The maximum atomic E-state index is 13.0. The van der Waals surface area contributed by atoms with Crippen molar-refractivity contribution in [2.24, 2.45) is 0 Å². The smallest absolute Gasteiger partial charge is 0.391 e. The van der Waals surface area contributed by atoms with Gasteiger partial charge >= 0.3 is 7.82 Å². The Kier molecular flexibility index (Phi) is 55.4. The molecule has 3 N–H and O–H groups in total. The fraction of sp³-hybridized carbons (Fsp3) is 0.953. The van der Waals surface area contributed by atoms with Gasteiger partial charge in [0.05, 0.1) is 39.9 Å². The number of unbranched alkanes of at least 4 members (excludes halogenated alkanes) is 46. The van der Waals surface area contributed by atoms with Crippen LogP contribution < -0.4 is 5.32 Å².